The number of rotatable bonds is 2. The van der Waals surface area contributed by atoms with E-state index < -0.39 is 0 Å². The molecule has 1 fully saturated rings. The van der Waals surface area contributed by atoms with Crippen LogP contribution in [-0.4, -0.2) is 12.6 Å². The van der Waals surface area contributed by atoms with E-state index in [-0.39, 0.29) is 17.9 Å². The Morgan fingerprint density at radius 3 is 2.79 bits per heavy atom. The van der Waals surface area contributed by atoms with E-state index in [1.54, 1.807) is 5.31 Å². The number of benzene rings is 1. The van der Waals surface area contributed by atoms with E-state index in [2.05, 4.69) is 13.8 Å². The molecule has 0 amide bonds. The van der Waals surface area contributed by atoms with Gasteiger partial charge in [0, 0.05) is 14.0 Å². The van der Waals surface area contributed by atoms with Crippen molar-refractivity contribution in [3.05, 3.63) is 35.9 Å². The zero-order valence-corrected chi connectivity index (χ0v) is 8.90. The molecule has 2 rings (SSSR count). The lowest BCUT2D eigenvalue weighted by molar-refractivity contribution is 0.401. The highest BCUT2D eigenvalue weighted by Gasteiger charge is 2.29. The third-order valence-electron chi connectivity index (χ3n) is 2.70. The molecular formula is C13H19N. The summed E-state index contributed by atoms with van der Waals surface area (Å²) in [5.41, 5.74) is 1.18. The zero-order valence-electron chi connectivity index (χ0n) is 10.9. The van der Waals surface area contributed by atoms with Gasteiger partial charge in [0.05, 0.1) is 0 Å². The first kappa shape index (κ1) is 7.47. The summed E-state index contributed by atoms with van der Waals surface area (Å²) in [7, 11) is 0. The Morgan fingerprint density at radius 1 is 1.50 bits per heavy atom. The fourth-order valence-corrected chi connectivity index (χ4v) is 1.96. The van der Waals surface area contributed by atoms with Crippen molar-refractivity contribution < 1.29 is 2.78 Å². The quantitative estimate of drug-likeness (QED) is 0.757. The lowest BCUT2D eigenvalue weighted by Crippen LogP contribution is -2.23. The van der Waals surface area contributed by atoms with Crippen LogP contribution in [0, 0.1) is 5.41 Å². The molecular weight excluding hydrogens is 170 g/mol. The molecule has 1 saturated heterocycles. The van der Waals surface area contributed by atoms with Crippen LogP contribution >= 0.6 is 0 Å². The van der Waals surface area contributed by atoms with Gasteiger partial charge in [0.25, 0.3) is 0 Å². The van der Waals surface area contributed by atoms with Gasteiger partial charge in [-0.2, -0.15) is 0 Å². The van der Waals surface area contributed by atoms with E-state index in [0.29, 0.717) is 0 Å². The molecule has 1 aliphatic rings. The van der Waals surface area contributed by atoms with E-state index in [1.165, 1.54) is 0 Å². The summed E-state index contributed by atoms with van der Waals surface area (Å²) in [5.74, 6) is 0. The minimum atomic E-state index is -0.305. The fourth-order valence-electron chi connectivity index (χ4n) is 1.96. The second-order valence-corrected chi connectivity index (χ2v) is 4.85. The standard InChI is InChI=1S/C13H19N/c1-13(2)9-12(14-10-13)8-11-6-4-3-5-7-11/h3-7,12,14H,8-10H2,1-2H3/i8D/hD/t8-,12?/m0/s1. The predicted octanol–water partition coefficient (Wildman–Crippen LogP) is 2.62. The van der Waals surface area contributed by atoms with E-state index in [0.717, 1.165) is 18.5 Å². The molecule has 0 saturated carbocycles. The van der Waals surface area contributed by atoms with Crippen LogP contribution in [0.1, 0.15) is 27.2 Å². The van der Waals surface area contributed by atoms with Crippen molar-refractivity contribution >= 4 is 0 Å². The summed E-state index contributed by atoms with van der Waals surface area (Å²) in [4.78, 5) is 0. The second kappa shape index (κ2) is 3.74. The summed E-state index contributed by atoms with van der Waals surface area (Å²) in [6.07, 6.45) is 0.625. The van der Waals surface area contributed by atoms with Gasteiger partial charge in [0.1, 0.15) is 1.41 Å². The van der Waals surface area contributed by atoms with Crippen LogP contribution in [0.25, 0.3) is 0 Å². The van der Waals surface area contributed by atoms with Crippen molar-refractivity contribution in [2.75, 3.05) is 6.54 Å². The summed E-state index contributed by atoms with van der Waals surface area (Å²) in [6.45, 7) is 5.11. The zero-order chi connectivity index (χ0) is 11.8. The molecule has 0 radical (unpaired) electrons. The largest absolute Gasteiger partial charge is 0.313 e. The topological polar surface area (TPSA) is 12.0 Å². The lowest BCUT2D eigenvalue weighted by atomic mass is 9.89. The SMILES string of the molecule is [2H][C@@H](c1ccccc1)C1CC(C)(C)CN1[2H]. The van der Waals surface area contributed by atoms with E-state index in [9.17, 15) is 0 Å². The van der Waals surface area contributed by atoms with Crippen LogP contribution in [0.2, 0.25) is 1.41 Å². The molecule has 1 aromatic carbocycles. The summed E-state index contributed by atoms with van der Waals surface area (Å²) in [6, 6.07) is 9.88. The van der Waals surface area contributed by atoms with Crippen LogP contribution in [-0.2, 0) is 6.40 Å². The predicted molar refractivity (Wildman–Crippen MR) is 60.3 cm³/mol. The molecule has 1 N–H and O–H groups in total. The highest BCUT2D eigenvalue weighted by molar-refractivity contribution is 5.16. The van der Waals surface area contributed by atoms with Crippen LogP contribution < -0.4 is 5.31 Å². The van der Waals surface area contributed by atoms with Gasteiger partial charge in [-0.25, -0.2) is 0 Å². The Bertz CT molecular complexity index is 350. The molecule has 0 aliphatic carbocycles. The minimum absolute atomic E-state index is 0.0254. The summed E-state index contributed by atoms with van der Waals surface area (Å²) >= 11 is 0. The Balaban J connectivity index is 2.14. The van der Waals surface area contributed by atoms with Crippen molar-refractivity contribution in [1.82, 2.24) is 5.31 Å². The van der Waals surface area contributed by atoms with E-state index in [1.807, 2.05) is 30.3 Å². The smallest absolute Gasteiger partial charge is 0.123 e. The summed E-state index contributed by atoms with van der Waals surface area (Å²) < 4.78 is 16.2. The molecule has 1 nitrogen and oxygen atoms in total. The first-order chi connectivity index (χ1) is 7.49. The maximum atomic E-state index is 8.26. The third-order valence-corrected chi connectivity index (χ3v) is 2.70. The Kier molecular flexibility index (Phi) is 1.99. The Labute approximate surface area is 89.4 Å². The molecule has 76 valence electrons. The van der Waals surface area contributed by atoms with Gasteiger partial charge in [0.2, 0.25) is 0 Å². The van der Waals surface area contributed by atoms with Gasteiger partial charge in [-0.15, -0.1) is 0 Å². The van der Waals surface area contributed by atoms with Gasteiger partial charge < -0.3 is 5.31 Å². The summed E-state index contributed by atoms with van der Waals surface area (Å²) in [5, 5.41) is 1.59. The van der Waals surface area contributed by atoms with Crippen molar-refractivity contribution in [1.29, 1.82) is 0 Å². The van der Waals surface area contributed by atoms with Gasteiger partial charge in [-0.3, -0.25) is 0 Å². The second-order valence-electron chi connectivity index (χ2n) is 4.85. The van der Waals surface area contributed by atoms with Crippen LogP contribution in [0.4, 0.5) is 0 Å². The van der Waals surface area contributed by atoms with Crippen molar-refractivity contribution in [2.24, 2.45) is 5.41 Å². The van der Waals surface area contributed by atoms with Gasteiger partial charge in [-0.05, 0) is 23.8 Å². The maximum Gasteiger partial charge on any atom is 0.123 e. The number of hydrogen-bond donors (Lipinski definition) is 1. The van der Waals surface area contributed by atoms with Crippen LogP contribution in [0.5, 0.6) is 0 Å². The third kappa shape index (κ3) is 2.36. The Morgan fingerprint density at radius 2 is 2.21 bits per heavy atom. The van der Waals surface area contributed by atoms with Gasteiger partial charge >= 0.3 is 0 Å². The van der Waals surface area contributed by atoms with Crippen molar-refractivity contribution in [3.63, 3.8) is 0 Å². The van der Waals surface area contributed by atoms with Crippen molar-refractivity contribution in [2.45, 2.75) is 32.7 Å². The molecule has 1 aromatic rings. The first-order valence-electron chi connectivity index (χ1n) is 6.25. The van der Waals surface area contributed by atoms with Gasteiger partial charge in [-0.1, -0.05) is 44.2 Å². The van der Waals surface area contributed by atoms with Crippen molar-refractivity contribution in [3.8, 4) is 0 Å². The van der Waals surface area contributed by atoms with Crippen LogP contribution in [0.15, 0.2) is 30.3 Å². The lowest BCUT2D eigenvalue weighted by Gasteiger charge is -2.15. The average molecular weight is 191 g/mol. The Hall–Kier alpha value is -0.820. The van der Waals surface area contributed by atoms with E-state index in [4.69, 9.17) is 2.78 Å². The van der Waals surface area contributed by atoms with Crippen LogP contribution in [0.3, 0.4) is 0 Å². The highest BCUT2D eigenvalue weighted by Crippen LogP contribution is 2.28. The normalized spacial score (nSPS) is 30.9. The molecule has 14 heavy (non-hydrogen) atoms. The van der Waals surface area contributed by atoms with Gasteiger partial charge in [0.15, 0.2) is 0 Å². The number of nitrogens with one attached hydrogen (secondary N) is 1. The molecule has 1 aliphatic heterocycles. The molecule has 0 aromatic heterocycles. The fraction of sp³-hybridized carbons (Fsp3) is 0.538. The number of hydrogen-bond acceptors (Lipinski definition) is 1. The monoisotopic (exact) mass is 191 g/mol. The molecule has 0 bridgehead atoms. The maximum absolute atomic E-state index is 8.26. The molecule has 0 spiro atoms. The average Bonchev–Trinajstić information content (AvgIpc) is 2.52. The molecule has 1 unspecified atom stereocenters. The minimum Gasteiger partial charge on any atom is -0.313 e. The molecule has 2 atom stereocenters. The highest BCUT2D eigenvalue weighted by atomic mass is 15.0. The molecule has 1 heterocycles. The molecule has 1 heteroatoms. The van der Waals surface area contributed by atoms with E-state index >= 15 is 0 Å². The first-order valence-corrected chi connectivity index (χ1v) is 5.22.